The number of carbonyl (C=O) groups excluding carboxylic acids is 1. The van der Waals surface area contributed by atoms with Crippen LogP contribution >= 0.6 is 11.6 Å². The monoisotopic (exact) mass is 423 g/mol. The average molecular weight is 424 g/mol. The van der Waals surface area contributed by atoms with E-state index in [4.69, 9.17) is 11.6 Å². The number of nitrogens with zero attached hydrogens (tertiary/aromatic N) is 5. The predicted molar refractivity (Wildman–Crippen MR) is 119 cm³/mol. The van der Waals surface area contributed by atoms with Crippen LogP contribution in [0.5, 0.6) is 0 Å². The fourth-order valence-electron chi connectivity index (χ4n) is 2.83. The molecule has 0 N–H and O–H groups in total. The van der Waals surface area contributed by atoms with Crippen molar-refractivity contribution >= 4 is 23.8 Å². The smallest absolute Gasteiger partial charge is 0.281 e. The molecule has 0 saturated heterocycles. The van der Waals surface area contributed by atoms with Gasteiger partial charge in [0.2, 0.25) is 0 Å². The molecular weight excluding hydrogens is 402 g/mol. The normalized spacial score (nSPS) is 11.3. The summed E-state index contributed by atoms with van der Waals surface area (Å²) in [7, 11) is 3.53. The molecule has 3 aromatic rings. The third-order valence-electron chi connectivity index (χ3n) is 4.25. The Morgan fingerprint density at radius 2 is 1.87 bits per heavy atom. The van der Waals surface area contributed by atoms with Gasteiger partial charge in [-0.05, 0) is 26.0 Å². The third kappa shape index (κ3) is 4.63. The molecule has 0 atom stereocenters. The minimum atomic E-state index is -0.515. The maximum absolute atomic E-state index is 12.6. The van der Waals surface area contributed by atoms with E-state index in [0.717, 1.165) is 5.56 Å². The maximum Gasteiger partial charge on any atom is 0.281 e. The number of amides is 1. The Morgan fingerprint density at radius 1 is 1.17 bits per heavy atom. The number of carbonyl (C=O) groups is 1. The second-order valence-electron chi connectivity index (χ2n) is 7.20. The van der Waals surface area contributed by atoms with Crippen LogP contribution < -0.4 is 5.56 Å². The molecule has 0 fully saturated rings. The molecular formula is C22H22ClN5O2. The zero-order valence-electron chi connectivity index (χ0n) is 17.2. The summed E-state index contributed by atoms with van der Waals surface area (Å²) < 4.78 is 1.39. The fourth-order valence-corrected chi connectivity index (χ4v) is 3.05. The Kier molecular flexibility index (Phi) is 6.42. The molecule has 0 aliphatic heterocycles. The van der Waals surface area contributed by atoms with Crippen molar-refractivity contribution < 1.29 is 4.79 Å². The van der Waals surface area contributed by atoms with Crippen LogP contribution in [0.4, 0.5) is 0 Å². The summed E-state index contributed by atoms with van der Waals surface area (Å²) in [5, 5.41) is 4.55. The first-order valence-corrected chi connectivity index (χ1v) is 9.77. The molecule has 7 nitrogen and oxygen atoms in total. The van der Waals surface area contributed by atoms with Gasteiger partial charge in [0.1, 0.15) is 5.15 Å². The lowest BCUT2D eigenvalue weighted by molar-refractivity contribution is 0.100. The molecule has 0 spiro atoms. The van der Waals surface area contributed by atoms with Crippen molar-refractivity contribution in [3.8, 4) is 22.5 Å². The van der Waals surface area contributed by atoms with Crippen LogP contribution in [-0.4, -0.2) is 46.0 Å². The van der Waals surface area contributed by atoms with Crippen molar-refractivity contribution in [3.05, 3.63) is 69.6 Å². The van der Waals surface area contributed by atoms with E-state index in [2.05, 4.69) is 15.1 Å². The van der Waals surface area contributed by atoms with Crippen LogP contribution in [0.2, 0.25) is 5.15 Å². The number of aliphatic imine (C=N–C) groups is 1. The molecule has 0 unspecified atom stereocenters. The molecule has 0 aliphatic rings. The summed E-state index contributed by atoms with van der Waals surface area (Å²) in [5.41, 5.74) is 2.43. The van der Waals surface area contributed by atoms with Gasteiger partial charge in [0.05, 0.1) is 29.3 Å². The van der Waals surface area contributed by atoms with Gasteiger partial charge in [0, 0.05) is 31.3 Å². The Morgan fingerprint density at radius 3 is 2.50 bits per heavy atom. The zero-order valence-corrected chi connectivity index (χ0v) is 18.0. The quantitative estimate of drug-likeness (QED) is 0.353. The van der Waals surface area contributed by atoms with E-state index in [1.807, 2.05) is 44.2 Å². The van der Waals surface area contributed by atoms with Gasteiger partial charge < -0.3 is 4.90 Å². The molecule has 2 heterocycles. The van der Waals surface area contributed by atoms with Crippen molar-refractivity contribution in [3.63, 3.8) is 0 Å². The molecule has 0 radical (unpaired) electrons. The fraction of sp³-hybridized carbons (Fsp3) is 0.227. The van der Waals surface area contributed by atoms with Crippen molar-refractivity contribution in [1.29, 1.82) is 0 Å². The lowest BCUT2D eigenvalue weighted by atomic mass is 10.0. The molecule has 0 bridgehead atoms. The summed E-state index contributed by atoms with van der Waals surface area (Å²) in [6.07, 6.45) is 1.40. The largest absolute Gasteiger partial charge is 0.369 e. The molecule has 30 heavy (non-hydrogen) atoms. The van der Waals surface area contributed by atoms with Gasteiger partial charge in [0.25, 0.3) is 11.5 Å². The molecule has 0 saturated carbocycles. The Bertz CT molecular complexity index is 1150. The van der Waals surface area contributed by atoms with Crippen molar-refractivity contribution in [1.82, 2.24) is 19.7 Å². The molecule has 3 rings (SSSR count). The number of hydrogen-bond acceptors (Lipinski definition) is 4. The Hall–Kier alpha value is -3.32. The Labute approximate surface area is 179 Å². The highest BCUT2D eigenvalue weighted by Gasteiger charge is 2.19. The maximum atomic E-state index is 12.6. The van der Waals surface area contributed by atoms with Crippen LogP contribution in [0.15, 0.2) is 58.3 Å². The number of pyridine rings is 1. The topological polar surface area (TPSA) is 80.5 Å². The highest BCUT2D eigenvalue weighted by molar-refractivity contribution is 6.33. The highest BCUT2D eigenvalue weighted by atomic mass is 35.5. The van der Waals surface area contributed by atoms with Crippen molar-refractivity contribution in [2.75, 3.05) is 14.1 Å². The SMILES string of the molecule is CC(C)n1nc(-c2cc(C(=O)N=CN(C)C)c(Cl)nc2-c2ccccc2)ccc1=O. The van der Waals surface area contributed by atoms with Gasteiger partial charge in [-0.15, -0.1) is 0 Å². The van der Waals surface area contributed by atoms with E-state index in [1.165, 1.54) is 17.1 Å². The van der Waals surface area contributed by atoms with Gasteiger partial charge in [-0.1, -0.05) is 41.9 Å². The second-order valence-corrected chi connectivity index (χ2v) is 7.56. The number of hydrogen-bond donors (Lipinski definition) is 0. The van der Waals surface area contributed by atoms with Crippen LogP contribution in [0, 0.1) is 0 Å². The standard InChI is InChI=1S/C22H22ClN5O2/c1-14(2)28-19(29)11-10-18(26-28)16-12-17(22(30)24-13-27(3)4)21(23)25-20(16)15-8-6-5-7-9-15/h5-14H,1-4H3. The van der Waals surface area contributed by atoms with Gasteiger partial charge in [-0.3, -0.25) is 9.59 Å². The Balaban J connectivity index is 2.25. The minimum absolute atomic E-state index is 0.0516. The highest BCUT2D eigenvalue weighted by Crippen LogP contribution is 2.33. The van der Waals surface area contributed by atoms with Gasteiger partial charge in [0.15, 0.2) is 0 Å². The molecule has 154 valence electrons. The molecule has 8 heteroatoms. The summed E-state index contributed by atoms with van der Waals surface area (Å²) in [6, 6.07) is 14.0. The second kappa shape index (κ2) is 9.00. The lowest BCUT2D eigenvalue weighted by Crippen LogP contribution is -2.24. The van der Waals surface area contributed by atoms with E-state index in [1.54, 1.807) is 31.1 Å². The van der Waals surface area contributed by atoms with Crippen molar-refractivity contribution in [2.24, 2.45) is 4.99 Å². The van der Waals surface area contributed by atoms with E-state index < -0.39 is 5.91 Å². The van der Waals surface area contributed by atoms with Crippen molar-refractivity contribution in [2.45, 2.75) is 19.9 Å². The third-order valence-corrected chi connectivity index (χ3v) is 4.54. The van der Waals surface area contributed by atoms with E-state index >= 15 is 0 Å². The lowest BCUT2D eigenvalue weighted by Gasteiger charge is -2.14. The summed E-state index contributed by atoms with van der Waals surface area (Å²) in [6.45, 7) is 3.75. The number of aromatic nitrogens is 3. The van der Waals surface area contributed by atoms with Gasteiger partial charge in [-0.2, -0.15) is 10.1 Å². The van der Waals surface area contributed by atoms with Crippen LogP contribution in [-0.2, 0) is 0 Å². The summed E-state index contributed by atoms with van der Waals surface area (Å²) in [5.74, 6) is -0.515. The molecule has 1 amide bonds. The van der Waals surface area contributed by atoms with Gasteiger partial charge >= 0.3 is 0 Å². The minimum Gasteiger partial charge on any atom is -0.369 e. The van der Waals surface area contributed by atoms with Gasteiger partial charge in [-0.25, -0.2) is 9.67 Å². The molecule has 2 aromatic heterocycles. The number of halogens is 1. The van der Waals surface area contributed by atoms with Crippen LogP contribution in [0.3, 0.4) is 0 Å². The summed E-state index contributed by atoms with van der Waals surface area (Å²) in [4.78, 5) is 34.8. The summed E-state index contributed by atoms with van der Waals surface area (Å²) >= 11 is 6.36. The van der Waals surface area contributed by atoms with E-state index in [9.17, 15) is 9.59 Å². The molecule has 0 aliphatic carbocycles. The van der Waals surface area contributed by atoms with Crippen LogP contribution in [0.1, 0.15) is 30.2 Å². The van der Waals surface area contributed by atoms with E-state index in [-0.39, 0.29) is 22.3 Å². The average Bonchev–Trinajstić information content (AvgIpc) is 2.72. The first kappa shape index (κ1) is 21.4. The van der Waals surface area contributed by atoms with E-state index in [0.29, 0.717) is 17.0 Å². The van der Waals surface area contributed by atoms with Crippen LogP contribution in [0.25, 0.3) is 22.5 Å². The first-order valence-electron chi connectivity index (χ1n) is 9.39. The molecule has 1 aromatic carbocycles. The first-order chi connectivity index (χ1) is 14.3. The number of benzene rings is 1. The predicted octanol–water partition coefficient (Wildman–Crippen LogP) is 3.94. The number of rotatable bonds is 5. The zero-order chi connectivity index (χ0) is 21.8.